The minimum absolute atomic E-state index is 0.0844. The monoisotopic (exact) mass is 502 g/mol. The highest BCUT2D eigenvalue weighted by Gasteiger charge is 2.26. The van der Waals surface area contributed by atoms with Crippen LogP contribution in [0.1, 0.15) is 46.0 Å². The van der Waals surface area contributed by atoms with Crippen molar-refractivity contribution in [3.63, 3.8) is 0 Å². The van der Waals surface area contributed by atoms with Gasteiger partial charge >= 0.3 is 5.97 Å². The number of benzene rings is 2. The van der Waals surface area contributed by atoms with Crippen LogP contribution in [0.5, 0.6) is 5.75 Å². The molecular formula is C29H34N4O4. The Morgan fingerprint density at radius 3 is 2.49 bits per heavy atom. The number of morpholine rings is 1. The number of fused-ring (bicyclic) bond motifs is 1. The Morgan fingerprint density at radius 2 is 1.78 bits per heavy atom. The SMILES string of the molecule is Cc1ccc(CNc2ccc3c(c2)OCC3CC(=O)O)c(C)c1-c1c(C)nc(N2CCOCC2)nc1C. The molecule has 8 heteroatoms. The van der Waals surface area contributed by atoms with Crippen molar-refractivity contribution in [1.82, 2.24) is 9.97 Å². The third-order valence-corrected chi connectivity index (χ3v) is 7.39. The van der Waals surface area contributed by atoms with Crippen molar-refractivity contribution >= 4 is 17.6 Å². The van der Waals surface area contributed by atoms with Crippen LogP contribution < -0.4 is 15.0 Å². The minimum Gasteiger partial charge on any atom is -0.493 e. The van der Waals surface area contributed by atoms with Crippen molar-refractivity contribution in [3.05, 3.63) is 64.0 Å². The molecule has 8 nitrogen and oxygen atoms in total. The molecule has 1 saturated heterocycles. The van der Waals surface area contributed by atoms with Crippen LogP contribution >= 0.6 is 0 Å². The summed E-state index contributed by atoms with van der Waals surface area (Å²) in [6, 6.07) is 10.3. The summed E-state index contributed by atoms with van der Waals surface area (Å²) in [4.78, 5) is 23.1. The lowest BCUT2D eigenvalue weighted by Crippen LogP contribution is -2.37. The Labute approximate surface area is 217 Å². The number of carboxylic acids is 1. The first-order valence-corrected chi connectivity index (χ1v) is 12.8. The number of hydrogen-bond donors (Lipinski definition) is 2. The van der Waals surface area contributed by atoms with Gasteiger partial charge in [-0.1, -0.05) is 18.2 Å². The van der Waals surface area contributed by atoms with Crippen LogP contribution in [0.2, 0.25) is 0 Å². The van der Waals surface area contributed by atoms with Crippen LogP contribution in [-0.2, 0) is 16.1 Å². The quantitative estimate of drug-likeness (QED) is 0.477. The van der Waals surface area contributed by atoms with Crippen molar-refractivity contribution in [3.8, 4) is 16.9 Å². The number of aliphatic carboxylic acids is 1. The van der Waals surface area contributed by atoms with Gasteiger partial charge < -0.3 is 24.8 Å². The molecule has 1 aromatic heterocycles. The van der Waals surface area contributed by atoms with E-state index in [1.807, 2.05) is 18.2 Å². The highest BCUT2D eigenvalue weighted by molar-refractivity contribution is 5.76. The predicted octanol–water partition coefficient (Wildman–Crippen LogP) is 4.78. The Bertz CT molecular complexity index is 1310. The van der Waals surface area contributed by atoms with Crippen molar-refractivity contribution in [1.29, 1.82) is 0 Å². The van der Waals surface area contributed by atoms with Gasteiger partial charge in [0.25, 0.3) is 0 Å². The average Bonchev–Trinajstić information content (AvgIpc) is 3.26. The number of hydrogen-bond acceptors (Lipinski definition) is 7. The fourth-order valence-electron chi connectivity index (χ4n) is 5.40. The molecule has 0 spiro atoms. The first-order chi connectivity index (χ1) is 17.8. The van der Waals surface area contributed by atoms with Gasteiger partial charge in [0.05, 0.1) is 37.6 Å². The van der Waals surface area contributed by atoms with E-state index in [9.17, 15) is 4.79 Å². The zero-order valence-electron chi connectivity index (χ0n) is 21.9. The smallest absolute Gasteiger partial charge is 0.304 e. The molecular weight excluding hydrogens is 468 g/mol. The third kappa shape index (κ3) is 5.11. The normalized spacial score (nSPS) is 16.9. The molecule has 1 unspecified atom stereocenters. The fourth-order valence-corrected chi connectivity index (χ4v) is 5.40. The summed E-state index contributed by atoms with van der Waals surface area (Å²) in [6.07, 6.45) is 0.0844. The summed E-state index contributed by atoms with van der Waals surface area (Å²) in [5.74, 6) is 0.647. The van der Waals surface area contributed by atoms with Crippen LogP contribution in [0.15, 0.2) is 30.3 Å². The zero-order valence-corrected chi connectivity index (χ0v) is 21.9. The van der Waals surface area contributed by atoms with Gasteiger partial charge in [0, 0.05) is 48.4 Å². The number of aryl methyl sites for hydroxylation is 3. The molecule has 1 fully saturated rings. The molecule has 3 heterocycles. The topological polar surface area (TPSA) is 96.8 Å². The Balaban J connectivity index is 1.38. The summed E-state index contributed by atoms with van der Waals surface area (Å²) in [5.41, 5.74) is 9.78. The Morgan fingerprint density at radius 1 is 1.05 bits per heavy atom. The number of ether oxygens (including phenoxy) is 2. The predicted molar refractivity (Wildman–Crippen MR) is 144 cm³/mol. The number of nitrogens with one attached hydrogen (secondary N) is 1. The maximum absolute atomic E-state index is 11.1. The summed E-state index contributed by atoms with van der Waals surface area (Å²) in [6.45, 7) is 12.5. The van der Waals surface area contributed by atoms with Crippen molar-refractivity contribution in [2.75, 3.05) is 43.1 Å². The second kappa shape index (κ2) is 10.4. The van der Waals surface area contributed by atoms with Crippen LogP contribution in [0.4, 0.5) is 11.6 Å². The maximum atomic E-state index is 11.1. The van der Waals surface area contributed by atoms with Gasteiger partial charge in [0.1, 0.15) is 5.75 Å². The van der Waals surface area contributed by atoms with Crippen molar-refractivity contribution in [2.45, 2.75) is 46.6 Å². The molecule has 2 aromatic carbocycles. The number of anilines is 2. The van der Waals surface area contributed by atoms with Crippen LogP contribution in [0.3, 0.4) is 0 Å². The molecule has 1 atom stereocenters. The van der Waals surface area contributed by atoms with Crippen LogP contribution in [-0.4, -0.2) is 54.0 Å². The Kier molecular flexibility index (Phi) is 7.02. The van der Waals surface area contributed by atoms with Crippen LogP contribution in [0, 0.1) is 27.7 Å². The number of nitrogens with zero attached hydrogens (tertiary/aromatic N) is 3. The maximum Gasteiger partial charge on any atom is 0.304 e. The molecule has 2 aliphatic rings. The first-order valence-electron chi connectivity index (χ1n) is 12.8. The van der Waals surface area contributed by atoms with E-state index in [0.717, 1.165) is 53.0 Å². The molecule has 2 N–H and O–H groups in total. The fraction of sp³-hybridized carbons (Fsp3) is 0.414. The highest BCUT2D eigenvalue weighted by atomic mass is 16.5. The molecule has 0 bridgehead atoms. The van der Waals surface area contributed by atoms with Crippen molar-refractivity contribution < 1.29 is 19.4 Å². The molecule has 5 rings (SSSR count). The molecule has 2 aliphatic heterocycles. The molecule has 0 amide bonds. The average molecular weight is 503 g/mol. The molecule has 194 valence electrons. The lowest BCUT2D eigenvalue weighted by atomic mass is 9.90. The Hall–Kier alpha value is -3.65. The van der Waals surface area contributed by atoms with Gasteiger partial charge in [-0.2, -0.15) is 0 Å². The lowest BCUT2D eigenvalue weighted by Gasteiger charge is -2.28. The standard InChI is InChI=1S/C29H34N4O4/c1-17-5-6-21(15-30-23-7-8-24-22(13-26(34)35)16-37-25(24)14-23)18(2)27(17)28-19(3)31-29(32-20(28)4)33-9-11-36-12-10-33/h5-8,14,22,30H,9-13,15-16H2,1-4H3,(H,34,35). The van der Waals surface area contributed by atoms with Gasteiger partial charge in [-0.25, -0.2) is 9.97 Å². The van der Waals surface area contributed by atoms with Crippen LogP contribution in [0.25, 0.3) is 11.1 Å². The van der Waals surface area contributed by atoms with Gasteiger partial charge in [0.15, 0.2) is 0 Å². The molecule has 0 radical (unpaired) electrons. The van der Waals surface area contributed by atoms with Gasteiger partial charge in [-0.3, -0.25) is 4.79 Å². The van der Waals surface area contributed by atoms with E-state index in [1.54, 1.807) is 0 Å². The molecule has 3 aromatic rings. The second-order valence-electron chi connectivity index (χ2n) is 9.92. The first kappa shape index (κ1) is 25.0. The number of aromatic nitrogens is 2. The summed E-state index contributed by atoms with van der Waals surface area (Å²) < 4.78 is 11.3. The molecule has 0 aliphatic carbocycles. The number of carboxylic acid groups (broad SMARTS) is 1. The van der Waals surface area contributed by atoms with E-state index in [4.69, 9.17) is 24.5 Å². The number of rotatable bonds is 7. The number of carbonyl (C=O) groups is 1. The summed E-state index contributed by atoms with van der Waals surface area (Å²) >= 11 is 0. The van der Waals surface area contributed by atoms with Gasteiger partial charge in [-0.05, 0) is 56.0 Å². The minimum atomic E-state index is -0.805. The lowest BCUT2D eigenvalue weighted by molar-refractivity contribution is -0.137. The van der Waals surface area contributed by atoms with E-state index >= 15 is 0 Å². The summed E-state index contributed by atoms with van der Waals surface area (Å²) in [5, 5.41) is 12.7. The molecule has 0 saturated carbocycles. The highest BCUT2D eigenvalue weighted by Crippen LogP contribution is 2.38. The van der Waals surface area contributed by atoms with Gasteiger partial charge in [-0.15, -0.1) is 0 Å². The summed E-state index contributed by atoms with van der Waals surface area (Å²) in [7, 11) is 0. The van der Waals surface area contributed by atoms with E-state index < -0.39 is 5.97 Å². The molecule has 37 heavy (non-hydrogen) atoms. The third-order valence-electron chi connectivity index (χ3n) is 7.39. The van der Waals surface area contributed by atoms with E-state index in [0.29, 0.717) is 26.4 Å². The van der Waals surface area contributed by atoms with E-state index in [1.165, 1.54) is 22.3 Å². The zero-order chi connectivity index (χ0) is 26.1. The second-order valence-corrected chi connectivity index (χ2v) is 9.92. The van der Waals surface area contributed by atoms with Crippen molar-refractivity contribution in [2.24, 2.45) is 0 Å². The largest absolute Gasteiger partial charge is 0.493 e. The van der Waals surface area contributed by atoms with E-state index in [2.05, 4.69) is 50.0 Å². The van der Waals surface area contributed by atoms with E-state index in [-0.39, 0.29) is 12.3 Å². The van der Waals surface area contributed by atoms with Gasteiger partial charge in [0.2, 0.25) is 5.95 Å².